The highest BCUT2D eigenvalue weighted by atomic mass is 16.2. The molecule has 2 aliphatic rings. The van der Waals surface area contributed by atoms with Crippen LogP contribution in [0.15, 0.2) is 60.7 Å². The predicted molar refractivity (Wildman–Crippen MR) is 140 cm³/mol. The maximum Gasteiger partial charge on any atom is 0.320 e. The molecule has 0 aromatic heterocycles. The maximum atomic E-state index is 13.7. The molecule has 0 saturated carbocycles. The van der Waals surface area contributed by atoms with Gasteiger partial charge in [-0.25, -0.2) is 4.79 Å². The fraction of sp³-hybridized carbons (Fsp3) is 0.517. The summed E-state index contributed by atoms with van der Waals surface area (Å²) < 4.78 is 0. The molecule has 2 aliphatic heterocycles. The Morgan fingerprint density at radius 2 is 1.40 bits per heavy atom. The van der Waals surface area contributed by atoms with Gasteiger partial charge in [0.1, 0.15) is 0 Å². The summed E-state index contributed by atoms with van der Waals surface area (Å²) in [4.78, 5) is 33.9. The third-order valence-corrected chi connectivity index (χ3v) is 7.82. The molecule has 6 heteroatoms. The molecular formula is C29H40N4O2. The van der Waals surface area contributed by atoms with Crippen molar-refractivity contribution < 1.29 is 9.59 Å². The Balaban J connectivity index is 1.50. The van der Waals surface area contributed by atoms with Gasteiger partial charge in [-0.2, -0.15) is 0 Å². The number of hydrogen-bond donors (Lipinski definition) is 0. The summed E-state index contributed by atoms with van der Waals surface area (Å²) in [7, 11) is 1.94. The van der Waals surface area contributed by atoms with Gasteiger partial charge in [0.25, 0.3) is 0 Å². The van der Waals surface area contributed by atoms with E-state index in [1.807, 2.05) is 16.8 Å². The number of carbonyl (C=O) groups excluding carboxylic acids is 2. The molecule has 3 amide bonds. The highest BCUT2D eigenvalue weighted by Crippen LogP contribution is 2.32. The van der Waals surface area contributed by atoms with Gasteiger partial charge >= 0.3 is 6.03 Å². The van der Waals surface area contributed by atoms with E-state index < -0.39 is 0 Å². The second-order valence-corrected chi connectivity index (χ2v) is 10.4. The number of nitrogens with zero attached hydrogens (tertiary/aromatic N) is 4. The van der Waals surface area contributed by atoms with Gasteiger partial charge in [0.05, 0.1) is 6.04 Å². The molecule has 1 atom stereocenters. The van der Waals surface area contributed by atoms with Crippen LogP contribution in [0.5, 0.6) is 0 Å². The lowest BCUT2D eigenvalue weighted by molar-refractivity contribution is -0.130. The van der Waals surface area contributed by atoms with Gasteiger partial charge in [-0.1, -0.05) is 74.5 Å². The summed E-state index contributed by atoms with van der Waals surface area (Å²) in [6, 6.07) is 22.0. The minimum atomic E-state index is 0.125. The lowest BCUT2D eigenvalue weighted by Crippen LogP contribution is -2.61. The highest BCUT2D eigenvalue weighted by Gasteiger charge is 2.38. The van der Waals surface area contributed by atoms with Crippen molar-refractivity contribution in [1.29, 1.82) is 0 Å². The largest absolute Gasteiger partial charge is 0.343 e. The number of amides is 3. The number of carbonyl (C=O) groups is 2. The van der Waals surface area contributed by atoms with Crippen molar-refractivity contribution >= 4 is 11.9 Å². The number of piperidine rings is 1. The average Bonchev–Trinajstić information content (AvgIpc) is 2.89. The summed E-state index contributed by atoms with van der Waals surface area (Å²) in [5, 5.41) is 0. The number of hydrogen-bond acceptors (Lipinski definition) is 3. The maximum absolute atomic E-state index is 13.7. The molecule has 2 saturated heterocycles. The Kier molecular flexibility index (Phi) is 8.11. The molecule has 0 aliphatic carbocycles. The van der Waals surface area contributed by atoms with Crippen molar-refractivity contribution in [2.24, 2.45) is 5.92 Å². The Bertz CT molecular complexity index is 933. The quantitative estimate of drug-likeness (QED) is 0.639. The predicted octanol–water partition coefficient (Wildman–Crippen LogP) is 4.48. The normalized spacial score (nSPS) is 19.9. The number of likely N-dealkylation sites (tertiary alicyclic amines) is 1. The first-order chi connectivity index (χ1) is 16.9. The highest BCUT2D eigenvalue weighted by molar-refractivity contribution is 5.75. The summed E-state index contributed by atoms with van der Waals surface area (Å²) in [6.07, 6.45) is 1.69. The van der Waals surface area contributed by atoms with Gasteiger partial charge in [-0.15, -0.1) is 0 Å². The molecule has 0 N–H and O–H groups in total. The van der Waals surface area contributed by atoms with Crippen molar-refractivity contribution in [2.45, 2.75) is 51.7 Å². The van der Waals surface area contributed by atoms with Gasteiger partial charge < -0.3 is 14.7 Å². The Morgan fingerprint density at radius 1 is 0.857 bits per heavy atom. The summed E-state index contributed by atoms with van der Waals surface area (Å²) in [5.41, 5.74) is 2.57. The fourth-order valence-electron chi connectivity index (χ4n) is 5.69. The van der Waals surface area contributed by atoms with Gasteiger partial charge in [-0.05, 0) is 29.9 Å². The van der Waals surface area contributed by atoms with Gasteiger partial charge in [-0.3, -0.25) is 9.69 Å². The average molecular weight is 477 g/mol. The Labute approximate surface area is 210 Å². The first kappa shape index (κ1) is 25.2. The molecule has 0 radical (unpaired) electrons. The van der Waals surface area contributed by atoms with Crippen LogP contribution in [0.1, 0.15) is 50.8 Å². The van der Waals surface area contributed by atoms with E-state index in [4.69, 9.17) is 0 Å². The molecule has 0 spiro atoms. The van der Waals surface area contributed by atoms with Crippen molar-refractivity contribution in [3.05, 3.63) is 71.8 Å². The van der Waals surface area contributed by atoms with Crippen molar-refractivity contribution in [1.82, 2.24) is 19.6 Å². The number of urea groups is 1. The number of rotatable bonds is 5. The van der Waals surface area contributed by atoms with E-state index in [0.29, 0.717) is 12.5 Å². The van der Waals surface area contributed by atoms with Crippen LogP contribution in [0.4, 0.5) is 4.79 Å². The zero-order valence-electron chi connectivity index (χ0n) is 21.6. The molecule has 2 fully saturated rings. The van der Waals surface area contributed by atoms with E-state index in [9.17, 15) is 9.59 Å². The minimum Gasteiger partial charge on any atom is -0.343 e. The molecule has 6 nitrogen and oxygen atoms in total. The lowest BCUT2D eigenvalue weighted by atomic mass is 9.93. The first-order valence-corrected chi connectivity index (χ1v) is 13.0. The van der Waals surface area contributed by atoms with Crippen LogP contribution in [-0.2, 0) is 4.79 Å². The van der Waals surface area contributed by atoms with E-state index >= 15 is 0 Å². The van der Waals surface area contributed by atoms with Gasteiger partial charge in [0.15, 0.2) is 0 Å². The topological polar surface area (TPSA) is 47.1 Å². The molecule has 0 unspecified atom stereocenters. The zero-order valence-corrected chi connectivity index (χ0v) is 21.6. The summed E-state index contributed by atoms with van der Waals surface area (Å²) in [6.45, 7) is 9.92. The van der Waals surface area contributed by atoms with Crippen LogP contribution in [-0.4, -0.2) is 83.4 Å². The van der Waals surface area contributed by atoms with Gasteiger partial charge in [0.2, 0.25) is 5.91 Å². The van der Waals surface area contributed by atoms with Crippen molar-refractivity contribution in [3.8, 4) is 0 Å². The fourth-order valence-corrected chi connectivity index (χ4v) is 5.69. The van der Waals surface area contributed by atoms with E-state index in [1.54, 1.807) is 6.92 Å². The van der Waals surface area contributed by atoms with Crippen LogP contribution < -0.4 is 0 Å². The summed E-state index contributed by atoms with van der Waals surface area (Å²) >= 11 is 0. The SMILES string of the molecule is CC(=O)N1CCC(N(C)C(=O)N2CCN(C(c3ccccc3)c3ccccc3)C[C@@H]2C(C)C)CC1. The molecule has 35 heavy (non-hydrogen) atoms. The van der Waals surface area contributed by atoms with Crippen molar-refractivity contribution in [3.63, 3.8) is 0 Å². The van der Waals surface area contributed by atoms with Crippen LogP contribution in [0.25, 0.3) is 0 Å². The second kappa shape index (κ2) is 11.3. The molecular weight excluding hydrogens is 436 g/mol. The zero-order chi connectivity index (χ0) is 24.9. The van der Waals surface area contributed by atoms with E-state index in [1.165, 1.54) is 11.1 Å². The number of piperazine rings is 1. The molecule has 2 aromatic rings. The van der Waals surface area contributed by atoms with Crippen LogP contribution in [0.2, 0.25) is 0 Å². The molecule has 2 heterocycles. The van der Waals surface area contributed by atoms with Crippen LogP contribution >= 0.6 is 0 Å². The van der Waals surface area contributed by atoms with E-state index in [2.05, 4.69) is 84.3 Å². The second-order valence-electron chi connectivity index (χ2n) is 10.4. The minimum absolute atomic E-state index is 0.125. The van der Waals surface area contributed by atoms with Crippen molar-refractivity contribution in [2.75, 3.05) is 39.8 Å². The third kappa shape index (κ3) is 5.69. The summed E-state index contributed by atoms with van der Waals surface area (Å²) in [5.74, 6) is 0.474. The first-order valence-electron chi connectivity index (χ1n) is 13.0. The smallest absolute Gasteiger partial charge is 0.320 e. The van der Waals surface area contributed by atoms with E-state index in [-0.39, 0.29) is 30.1 Å². The van der Waals surface area contributed by atoms with E-state index in [0.717, 1.165) is 39.0 Å². The standard InChI is InChI=1S/C29H40N4O2/c1-22(2)27-21-32(28(24-11-7-5-8-12-24)25-13-9-6-10-14-25)19-20-33(27)29(35)30(4)26-15-17-31(18-16-26)23(3)34/h5-14,22,26-28H,15-21H2,1-4H3/t27-/m1/s1. The molecule has 188 valence electrons. The Morgan fingerprint density at radius 3 is 1.89 bits per heavy atom. The molecule has 4 rings (SSSR count). The Hall–Kier alpha value is -2.86. The monoisotopic (exact) mass is 476 g/mol. The van der Waals surface area contributed by atoms with Gasteiger partial charge in [0, 0.05) is 58.8 Å². The third-order valence-electron chi connectivity index (χ3n) is 7.82. The van der Waals surface area contributed by atoms with Crippen LogP contribution in [0, 0.1) is 5.92 Å². The molecule has 0 bridgehead atoms. The van der Waals surface area contributed by atoms with Crippen LogP contribution in [0.3, 0.4) is 0 Å². The lowest BCUT2D eigenvalue weighted by Gasteiger charge is -2.48. The number of benzene rings is 2. The molecule has 2 aromatic carbocycles.